The summed E-state index contributed by atoms with van der Waals surface area (Å²) >= 11 is 0. The number of aryl methyl sites for hydroxylation is 1. The lowest BCUT2D eigenvalue weighted by Gasteiger charge is -2.12. The number of hydrogen-bond donors (Lipinski definition) is 2. The summed E-state index contributed by atoms with van der Waals surface area (Å²) in [6.07, 6.45) is 0. The number of nitrogens with one attached hydrogen (secondary N) is 1. The van der Waals surface area contributed by atoms with Gasteiger partial charge in [0.05, 0.1) is 5.56 Å². The maximum Gasteiger partial charge on any atom is 0.337 e. The summed E-state index contributed by atoms with van der Waals surface area (Å²) < 4.78 is 0. The average molecular weight is 247 g/mol. The van der Waals surface area contributed by atoms with Gasteiger partial charge in [-0.05, 0) is 35.4 Å². The van der Waals surface area contributed by atoms with Gasteiger partial charge in [0.1, 0.15) is 0 Å². The summed E-state index contributed by atoms with van der Waals surface area (Å²) in [4.78, 5) is 11.2. The lowest BCUT2D eigenvalue weighted by molar-refractivity contribution is 0.0698. The number of carboxylic acid groups (broad SMARTS) is 1. The Bertz CT molecular complexity index is 489. The topological polar surface area (TPSA) is 49.3 Å². The van der Waals surface area contributed by atoms with Crippen molar-refractivity contribution >= 4 is 11.7 Å². The van der Waals surface area contributed by atoms with E-state index in [1.807, 2.05) is 19.1 Å². The molecule has 0 bridgehead atoms. The molecule has 0 aliphatic heterocycles. The molecule has 18 heavy (non-hydrogen) atoms. The molecule has 1 aliphatic carbocycles. The van der Waals surface area contributed by atoms with Crippen molar-refractivity contribution in [1.82, 2.24) is 0 Å². The van der Waals surface area contributed by atoms with E-state index in [2.05, 4.69) is 33.0 Å². The first-order valence-corrected chi connectivity index (χ1v) is 6.28. The van der Waals surface area contributed by atoms with Gasteiger partial charge in [0.2, 0.25) is 0 Å². The molecule has 1 fully saturated rings. The van der Waals surface area contributed by atoms with Crippen LogP contribution in [0, 0.1) is 17.8 Å². The van der Waals surface area contributed by atoms with Crippen LogP contribution in [0.1, 0.15) is 43.6 Å². The van der Waals surface area contributed by atoms with Crippen molar-refractivity contribution in [3.05, 3.63) is 29.3 Å². The van der Waals surface area contributed by atoms with E-state index in [-0.39, 0.29) is 10.8 Å². The third-order valence-corrected chi connectivity index (χ3v) is 4.73. The predicted molar refractivity (Wildman–Crippen MR) is 73.1 cm³/mol. The summed E-state index contributed by atoms with van der Waals surface area (Å²) in [7, 11) is 0. The van der Waals surface area contributed by atoms with Crippen molar-refractivity contribution in [2.24, 2.45) is 10.8 Å². The zero-order chi connectivity index (χ0) is 13.7. The van der Waals surface area contributed by atoms with Gasteiger partial charge in [-0.2, -0.15) is 0 Å². The molecular formula is C15H21NO2. The highest BCUT2D eigenvalue weighted by atomic mass is 16.4. The van der Waals surface area contributed by atoms with E-state index in [9.17, 15) is 9.90 Å². The fraction of sp³-hybridized carbons (Fsp3) is 0.533. The van der Waals surface area contributed by atoms with Crippen molar-refractivity contribution < 1.29 is 9.90 Å². The molecule has 0 amide bonds. The van der Waals surface area contributed by atoms with Crippen LogP contribution in [0.5, 0.6) is 0 Å². The molecule has 0 radical (unpaired) electrons. The molecule has 1 aromatic carbocycles. The summed E-state index contributed by atoms with van der Waals surface area (Å²) in [5, 5.41) is 12.6. The van der Waals surface area contributed by atoms with Gasteiger partial charge in [-0.15, -0.1) is 0 Å². The fourth-order valence-corrected chi connectivity index (χ4v) is 2.68. The van der Waals surface area contributed by atoms with Crippen molar-refractivity contribution in [2.75, 3.05) is 5.32 Å². The smallest absolute Gasteiger partial charge is 0.337 e. The van der Waals surface area contributed by atoms with Gasteiger partial charge in [0.25, 0.3) is 0 Å². The van der Waals surface area contributed by atoms with Crippen LogP contribution in [0.3, 0.4) is 0 Å². The van der Waals surface area contributed by atoms with Gasteiger partial charge in [0.15, 0.2) is 0 Å². The standard InChI is InChI=1S/C15H21NO2/c1-9-6-7-10(12(17)18)11(8-9)16-13-14(2,3)15(13,4)5/h6-8,13,16H,1-5H3,(H,17,18). The minimum atomic E-state index is -0.881. The number of anilines is 1. The van der Waals surface area contributed by atoms with E-state index in [4.69, 9.17) is 0 Å². The summed E-state index contributed by atoms with van der Waals surface area (Å²) in [5.74, 6) is -0.881. The lowest BCUT2D eigenvalue weighted by atomic mass is 10.0. The summed E-state index contributed by atoms with van der Waals surface area (Å²) in [6, 6.07) is 5.72. The number of aromatic carboxylic acids is 1. The Hall–Kier alpha value is -1.51. The minimum absolute atomic E-state index is 0.187. The van der Waals surface area contributed by atoms with Crippen LogP contribution in [-0.2, 0) is 0 Å². The molecule has 3 heteroatoms. The lowest BCUT2D eigenvalue weighted by Crippen LogP contribution is -2.13. The third-order valence-electron chi connectivity index (χ3n) is 4.73. The van der Waals surface area contributed by atoms with Crippen LogP contribution in [0.15, 0.2) is 18.2 Å². The number of benzene rings is 1. The van der Waals surface area contributed by atoms with Crippen LogP contribution in [0.2, 0.25) is 0 Å². The number of rotatable bonds is 3. The van der Waals surface area contributed by atoms with Crippen LogP contribution < -0.4 is 5.32 Å². The normalized spacial score (nSPS) is 20.5. The van der Waals surface area contributed by atoms with Crippen LogP contribution in [0.4, 0.5) is 5.69 Å². The summed E-state index contributed by atoms with van der Waals surface area (Å²) in [5.41, 5.74) is 2.52. The van der Waals surface area contributed by atoms with Gasteiger partial charge >= 0.3 is 5.97 Å². The Balaban J connectivity index is 2.31. The second-order valence-electron chi connectivity index (χ2n) is 6.37. The molecule has 0 heterocycles. The monoisotopic (exact) mass is 247 g/mol. The number of carbonyl (C=O) groups is 1. The van der Waals surface area contributed by atoms with Crippen molar-refractivity contribution in [2.45, 2.75) is 40.7 Å². The van der Waals surface area contributed by atoms with Crippen LogP contribution in [0.25, 0.3) is 0 Å². The molecule has 1 saturated carbocycles. The first-order chi connectivity index (χ1) is 8.18. The second-order valence-corrected chi connectivity index (χ2v) is 6.37. The first kappa shape index (κ1) is 12.9. The van der Waals surface area contributed by atoms with E-state index < -0.39 is 5.97 Å². The van der Waals surface area contributed by atoms with E-state index in [0.717, 1.165) is 11.3 Å². The van der Waals surface area contributed by atoms with Crippen molar-refractivity contribution in [3.8, 4) is 0 Å². The van der Waals surface area contributed by atoms with E-state index in [1.165, 1.54) is 0 Å². The SMILES string of the molecule is Cc1ccc(C(=O)O)c(NC2C(C)(C)C2(C)C)c1. The highest BCUT2D eigenvalue weighted by Crippen LogP contribution is 2.63. The van der Waals surface area contributed by atoms with Crippen molar-refractivity contribution in [1.29, 1.82) is 0 Å². The molecule has 0 unspecified atom stereocenters. The summed E-state index contributed by atoms with van der Waals surface area (Å²) in [6.45, 7) is 10.8. The van der Waals surface area contributed by atoms with Gasteiger partial charge in [-0.1, -0.05) is 33.8 Å². The zero-order valence-corrected chi connectivity index (χ0v) is 11.7. The van der Waals surface area contributed by atoms with E-state index in [0.29, 0.717) is 11.6 Å². The zero-order valence-electron chi connectivity index (χ0n) is 11.7. The molecule has 0 aromatic heterocycles. The quantitative estimate of drug-likeness (QED) is 0.859. The Labute approximate surface area is 108 Å². The second kappa shape index (κ2) is 3.74. The maximum absolute atomic E-state index is 11.2. The Kier molecular flexibility index (Phi) is 2.69. The van der Waals surface area contributed by atoms with Crippen LogP contribution in [-0.4, -0.2) is 17.1 Å². The maximum atomic E-state index is 11.2. The van der Waals surface area contributed by atoms with Crippen LogP contribution >= 0.6 is 0 Å². The predicted octanol–water partition coefficient (Wildman–Crippen LogP) is 3.54. The highest BCUT2D eigenvalue weighted by molar-refractivity contribution is 5.94. The Morgan fingerprint density at radius 3 is 2.22 bits per heavy atom. The molecule has 3 nitrogen and oxygen atoms in total. The molecule has 2 rings (SSSR count). The van der Waals surface area contributed by atoms with Gasteiger partial charge in [0, 0.05) is 11.7 Å². The van der Waals surface area contributed by atoms with Gasteiger partial charge in [-0.3, -0.25) is 0 Å². The molecule has 0 spiro atoms. The molecule has 1 aromatic rings. The molecule has 1 aliphatic rings. The molecule has 98 valence electrons. The highest BCUT2D eigenvalue weighted by Gasteiger charge is 2.65. The first-order valence-electron chi connectivity index (χ1n) is 6.28. The molecule has 0 atom stereocenters. The minimum Gasteiger partial charge on any atom is -0.478 e. The van der Waals surface area contributed by atoms with Crippen molar-refractivity contribution in [3.63, 3.8) is 0 Å². The molecule has 0 saturated heterocycles. The van der Waals surface area contributed by atoms with Gasteiger partial charge in [-0.25, -0.2) is 4.79 Å². The Morgan fingerprint density at radius 2 is 1.78 bits per heavy atom. The Morgan fingerprint density at radius 1 is 1.22 bits per heavy atom. The van der Waals surface area contributed by atoms with E-state index >= 15 is 0 Å². The third kappa shape index (κ3) is 1.78. The number of hydrogen-bond acceptors (Lipinski definition) is 2. The van der Waals surface area contributed by atoms with Gasteiger partial charge < -0.3 is 10.4 Å². The van der Waals surface area contributed by atoms with E-state index in [1.54, 1.807) is 6.07 Å². The average Bonchev–Trinajstić information content (AvgIpc) is 2.60. The molecular weight excluding hydrogens is 226 g/mol. The largest absolute Gasteiger partial charge is 0.478 e. The molecule has 2 N–H and O–H groups in total. The number of carboxylic acids is 1. The fourth-order valence-electron chi connectivity index (χ4n) is 2.68.